The Kier molecular flexibility index (Phi) is 2.19. The number of rotatable bonds is 2. The zero-order chi connectivity index (χ0) is 10.3. The normalized spacial score (nSPS) is 35.8. The van der Waals surface area contributed by atoms with Crippen LogP contribution in [0.15, 0.2) is 0 Å². The highest BCUT2D eigenvalue weighted by Gasteiger charge is 2.50. The maximum atomic E-state index is 11.7. The molecule has 0 aromatic heterocycles. The molecule has 1 aliphatic heterocycles. The molecule has 1 heterocycles. The molecule has 2 fully saturated rings. The molecule has 2 unspecified atom stereocenters. The molecule has 3 N–H and O–H groups in total. The first-order chi connectivity index (χ1) is 6.59. The summed E-state index contributed by atoms with van der Waals surface area (Å²) in [5.74, 6) is -1.60. The van der Waals surface area contributed by atoms with E-state index in [-0.39, 0.29) is 17.9 Å². The van der Waals surface area contributed by atoms with Crippen LogP contribution in [0.4, 0.5) is 0 Å². The van der Waals surface area contributed by atoms with Gasteiger partial charge in [-0.05, 0) is 12.8 Å². The lowest BCUT2D eigenvalue weighted by molar-refractivity contribution is -0.141. The highest BCUT2D eigenvalue weighted by atomic mass is 16.4. The van der Waals surface area contributed by atoms with E-state index >= 15 is 0 Å². The van der Waals surface area contributed by atoms with Crippen molar-refractivity contribution in [3.8, 4) is 0 Å². The number of likely N-dealkylation sites (tertiary alicyclic amines) is 1. The van der Waals surface area contributed by atoms with Crippen molar-refractivity contribution in [3.05, 3.63) is 0 Å². The van der Waals surface area contributed by atoms with Crippen molar-refractivity contribution in [2.24, 2.45) is 17.6 Å². The number of carboxylic acids is 1. The Labute approximate surface area is 81.9 Å². The van der Waals surface area contributed by atoms with Crippen LogP contribution in [0.2, 0.25) is 0 Å². The first-order valence-corrected chi connectivity index (χ1v) is 4.86. The summed E-state index contributed by atoms with van der Waals surface area (Å²) in [6.45, 7) is 1.27. The van der Waals surface area contributed by atoms with Crippen molar-refractivity contribution >= 4 is 11.9 Å². The third-order valence-corrected chi connectivity index (χ3v) is 2.96. The van der Waals surface area contributed by atoms with Crippen LogP contribution in [-0.4, -0.2) is 41.0 Å². The lowest BCUT2D eigenvalue weighted by atomic mass is 10.3. The molecule has 2 aliphatic rings. The summed E-state index contributed by atoms with van der Waals surface area (Å²) in [5, 5.41) is 8.67. The maximum absolute atomic E-state index is 11.7. The van der Waals surface area contributed by atoms with E-state index < -0.39 is 11.9 Å². The monoisotopic (exact) mass is 198 g/mol. The highest BCUT2D eigenvalue weighted by Crippen LogP contribution is 2.40. The van der Waals surface area contributed by atoms with Crippen LogP contribution < -0.4 is 5.73 Å². The predicted octanol–water partition coefficient (Wildman–Crippen LogP) is -0.733. The summed E-state index contributed by atoms with van der Waals surface area (Å²) < 4.78 is 0. The third-order valence-electron chi connectivity index (χ3n) is 2.96. The van der Waals surface area contributed by atoms with Crippen LogP contribution in [0.5, 0.6) is 0 Å². The average Bonchev–Trinajstić information content (AvgIpc) is 2.82. The number of amides is 1. The molecule has 14 heavy (non-hydrogen) atoms. The molecule has 1 aliphatic carbocycles. The topological polar surface area (TPSA) is 83.6 Å². The van der Waals surface area contributed by atoms with Gasteiger partial charge in [-0.1, -0.05) is 0 Å². The van der Waals surface area contributed by atoms with Gasteiger partial charge < -0.3 is 15.7 Å². The van der Waals surface area contributed by atoms with Crippen molar-refractivity contribution in [2.75, 3.05) is 13.1 Å². The number of hydrogen-bond acceptors (Lipinski definition) is 3. The summed E-state index contributed by atoms with van der Waals surface area (Å²) in [7, 11) is 0. The molecular formula is C9H14N2O3. The standard InChI is InChI=1S/C9H14N2O3/c10-5-1-2-11(4-5)8(12)6-3-7(6)9(13)14/h5-7H,1-4,10H2,(H,13,14)/t5-,6?,7?/m1/s1. The predicted molar refractivity (Wildman–Crippen MR) is 48.4 cm³/mol. The van der Waals surface area contributed by atoms with Gasteiger partial charge in [0.1, 0.15) is 0 Å². The molecule has 0 aromatic carbocycles. The molecule has 0 aromatic rings. The van der Waals surface area contributed by atoms with Gasteiger partial charge in [-0.15, -0.1) is 0 Å². The summed E-state index contributed by atoms with van der Waals surface area (Å²) in [6.07, 6.45) is 1.33. The number of nitrogens with zero attached hydrogens (tertiary/aromatic N) is 1. The summed E-state index contributed by atoms with van der Waals surface area (Å²) in [5.41, 5.74) is 5.67. The first kappa shape index (κ1) is 9.45. The van der Waals surface area contributed by atoms with Crippen molar-refractivity contribution in [3.63, 3.8) is 0 Å². The lowest BCUT2D eigenvalue weighted by Gasteiger charge is -2.15. The number of carbonyl (C=O) groups is 2. The minimum atomic E-state index is -0.855. The van der Waals surface area contributed by atoms with Crippen molar-refractivity contribution < 1.29 is 14.7 Å². The Morgan fingerprint density at radius 1 is 1.36 bits per heavy atom. The van der Waals surface area contributed by atoms with Crippen molar-refractivity contribution in [2.45, 2.75) is 18.9 Å². The Morgan fingerprint density at radius 3 is 2.50 bits per heavy atom. The van der Waals surface area contributed by atoms with Gasteiger partial charge in [-0.2, -0.15) is 0 Å². The van der Waals surface area contributed by atoms with E-state index in [0.717, 1.165) is 6.42 Å². The van der Waals surface area contributed by atoms with Gasteiger partial charge in [0.05, 0.1) is 11.8 Å². The molecule has 0 bridgehead atoms. The molecule has 0 spiro atoms. The second kappa shape index (κ2) is 3.24. The van der Waals surface area contributed by atoms with Gasteiger partial charge in [0.15, 0.2) is 0 Å². The zero-order valence-electron chi connectivity index (χ0n) is 7.85. The molecule has 1 saturated carbocycles. The summed E-state index contributed by atoms with van der Waals surface area (Å²) >= 11 is 0. The van der Waals surface area contributed by atoms with Gasteiger partial charge in [0.2, 0.25) is 5.91 Å². The maximum Gasteiger partial charge on any atom is 0.307 e. The zero-order valence-corrected chi connectivity index (χ0v) is 7.85. The highest BCUT2D eigenvalue weighted by molar-refractivity contribution is 5.89. The molecular weight excluding hydrogens is 184 g/mol. The second-order valence-electron chi connectivity index (χ2n) is 4.12. The quantitative estimate of drug-likeness (QED) is 0.612. The number of carbonyl (C=O) groups excluding carboxylic acids is 1. The van der Waals surface area contributed by atoms with Gasteiger partial charge in [0.25, 0.3) is 0 Å². The van der Waals surface area contributed by atoms with E-state index in [2.05, 4.69) is 0 Å². The molecule has 0 radical (unpaired) electrons. The molecule has 5 heteroatoms. The summed E-state index contributed by atoms with van der Waals surface area (Å²) in [6, 6.07) is 0.0704. The average molecular weight is 198 g/mol. The van der Waals surface area contributed by atoms with E-state index in [9.17, 15) is 9.59 Å². The first-order valence-electron chi connectivity index (χ1n) is 4.86. The number of aliphatic carboxylic acids is 1. The van der Waals surface area contributed by atoms with E-state index in [1.54, 1.807) is 4.90 Å². The largest absolute Gasteiger partial charge is 0.481 e. The van der Waals surface area contributed by atoms with Crippen LogP contribution in [-0.2, 0) is 9.59 Å². The minimum Gasteiger partial charge on any atom is -0.481 e. The van der Waals surface area contributed by atoms with Gasteiger partial charge in [-0.3, -0.25) is 9.59 Å². The van der Waals surface area contributed by atoms with Crippen molar-refractivity contribution in [1.29, 1.82) is 0 Å². The second-order valence-corrected chi connectivity index (χ2v) is 4.12. The van der Waals surface area contributed by atoms with Gasteiger partial charge >= 0.3 is 5.97 Å². The van der Waals surface area contributed by atoms with Gasteiger partial charge in [-0.25, -0.2) is 0 Å². The Morgan fingerprint density at radius 2 is 2.07 bits per heavy atom. The number of hydrogen-bond donors (Lipinski definition) is 2. The number of carboxylic acid groups (broad SMARTS) is 1. The molecule has 1 amide bonds. The molecule has 5 nitrogen and oxygen atoms in total. The third kappa shape index (κ3) is 1.59. The fraction of sp³-hybridized carbons (Fsp3) is 0.778. The Hall–Kier alpha value is -1.10. The lowest BCUT2D eigenvalue weighted by Crippen LogP contribution is -2.33. The van der Waals surface area contributed by atoms with E-state index in [0.29, 0.717) is 19.5 Å². The Balaban J connectivity index is 1.88. The minimum absolute atomic E-state index is 0.0228. The molecule has 2 rings (SSSR count). The van der Waals surface area contributed by atoms with Gasteiger partial charge in [0, 0.05) is 19.1 Å². The smallest absolute Gasteiger partial charge is 0.307 e. The fourth-order valence-corrected chi connectivity index (χ4v) is 1.96. The summed E-state index contributed by atoms with van der Waals surface area (Å²) in [4.78, 5) is 23.9. The van der Waals surface area contributed by atoms with Crippen LogP contribution in [0.25, 0.3) is 0 Å². The van der Waals surface area contributed by atoms with E-state index in [1.165, 1.54) is 0 Å². The van der Waals surface area contributed by atoms with E-state index in [1.807, 2.05) is 0 Å². The van der Waals surface area contributed by atoms with Crippen LogP contribution >= 0.6 is 0 Å². The SMILES string of the molecule is N[C@@H]1CCN(C(=O)C2CC2C(=O)O)C1. The Bertz CT molecular complexity index is 279. The molecule has 1 saturated heterocycles. The molecule has 3 atom stereocenters. The molecule has 78 valence electrons. The van der Waals surface area contributed by atoms with Crippen LogP contribution in [0, 0.1) is 11.8 Å². The van der Waals surface area contributed by atoms with Crippen LogP contribution in [0.1, 0.15) is 12.8 Å². The van der Waals surface area contributed by atoms with Crippen LogP contribution in [0.3, 0.4) is 0 Å². The van der Waals surface area contributed by atoms with E-state index in [4.69, 9.17) is 10.8 Å². The fourth-order valence-electron chi connectivity index (χ4n) is 1.96. The van der Waals surface area contributed by atoms with Crippen molar-refractivity contribution in [1.82, 2.24) is 4.90 Å². The number of nitrogens with two attached hydrogens (primary N) is 1.